The Morgan fingerprint density at radius 1 is 1.46 bits per heavy atom. The van der Waals surface area contributed by atoms with Gasteiger partial charge in [0.2, 0.25) is 15.9 Å². The van der Waals surface area contributed by atoms with E-state index in [4.69, 9.17) is 0 Å². The van der Waals surface area contributed by atoms with Gasteiger partial charge in [-0.15, -0.1) is 11.3 Å². The van der Waals surface area contributed by atoms with Gasteiger partial charge >= 0.3 is 6.55 Å². The molecule has 0 aliphatic rings. The summed E-state index contributed by atoms with van der Waals surface area (Å²) in [6.45, 7) is -0.231. The van der Waals surface area contributed by atoms with Crippen molar-refractivity contribution in [2.24, 2.45) is 0 Å². The maximum atomic E-state index is 12.7. The number of amides is 1. The zero-order chi connectivity index (χ0) is 17.9. The molecule has 0 aromatic carbocycles. The van der Waals surface area contributed by atoms with E-state index in [1.165, 1.54) is 25.2 Å². The molecule has 12 heteroatoms. The first-order valence-corrected chi connectivity index (χ1v) is 9.14. The summed E-state index contributed by atoms with van der Waals surface area (Å²) in [6, 6.07) is -1.09. The molecule has 0 spiro atoms. The minimum absolute atomic E-state index is 0.163. The number of carbonyl (C=O) groups is 1. The topological polar surface area (TPSA) is 106 Å². The number of sulfonamides is 1. The van der Waals surface area contributed by atoms with Crippen LogP contribution in [0.15, 0.2) is 22.0 Å². The van der Waals surface area contributed by atoms with Crippen LogP contribution >= 0.6 is 11.3 Å². The van der Waals surface area contributed by atoms with E-state index in [9.17, 15) is 22.0 Å². The second-order valence-electron chi connectivity index (χ2n) is 4.86. The largest absolute Gasteiger partial charge is 0.349 e. The van der Waals surface area contributed by atoms with Gasteiger partial charge in [0.05, 0.1) is 35.7 Å². The smallest absolute Gasteiger partial charge is 0.333 e. The molecule has 0 unspecified atom stereocenters. The first-order chi connectivity index (χ1) is 11.2. The van der Waals surface area contributed by atoms with Crippen molar-refractivity contribution in [3.8, 4) is 0 Å². The molecule has 2 aromatic rings. The van der Waals surface area contributed by atoms with E-state index in [1.807, 2.05) is 0 Å². The molecule has 0 bridgehead atoms. The maximum Gasteiger partial charge on any atom is 0.333 e. The summed E-state index contributed by atoms with van der Waals surface area (Å²) in [5.41, 5.74) is 2.04. The van der Waals surface area contributed by atoms with Gasteiger partial charge in [0, 0.05) is 5.38 Å². The first kappa shape index (κ1) is 18.4. The molecule has 2 heterocycles. The van der Waals surface area contributed by atoms with Crippen LogP contribution in [0.3, 0.4) is 0 Å². The number of hydrogen-bond donors (Lipinski definition) is 2. The molecule has 1 atom stereocenters. The lowest BCUT2D eigenvalue weighted by molar-refractivity contribution is -0.122. The molecular formula is C12H15F2N5O3S2. The Bertz CT molecular complexity index is 805. The highest BCUT2D eigenvalue weighted by Crippen LogP contribution is 2.19. The van der Waals surface area contributed by atoms with Gasteiger partial charge in [0.25, 0.3) is 0 Å². The molecule has 0 aliphatic carbocycles. The SMILES string of the molecule is Cc1c(S(=O)(=O)N[C@@H](C)C(=O)NCc2cscn2)cnn1C(F)F. The van der Waals surface area contributed by atoms with Crippen LogP contribution in [-0.4, -0.2) is 35.1 Å². The molecule has 2 rings (SSSR count). The van der Waals surface area contributed by atoms with E-state index in [2.05, 4.69) is 20.1 Å². The molecule has 2 N–H and O–H groups in total. The summed E-state index contributed by atoms with van der Waals surface area (Å²) in [5, 5.41) is 7.63. The summed E-state index contributed by atoms with van der Waals surface area (Å²) in [7, 11) is -4.16. The van der Waals surface area contributed by atoms with Gasteiger partial charge in [-0.3, -0.25) is 4.79 Å². The maximum absolute atomic E-state index is 12.7. The number of carbonyl (C=O) groups excluding carboxylic acids is 1. The van der Waals surface area contributed by atoms with Crippen LogP contribution in [0.5, 0.6) is 0 Å². The lowest BCUT2D eigenvalue weighted by atomic mass is 10.3. The Morgan fingerprint density at radius 2 is 2.17 bits per heavy atom. The minimum Gasteiger partial charge on any atom is -0.349 e. The second-order valence-corrected chi connectivity index (χ2v) is 7.26. The number of nitrogens with zero attached hydrogens (tertiary/aromatic N) is 3. The summed E-state index contributed by atoms with van der Waals surface area (Å²) in [5.74, 6) is -0.564. The van der Waals surface area contributed by atoms with Crippen molar-refractivity contribution in [3.05, 3.63) is 28.5 Å². The number of nitrogens with one attached hydrogen (secondary N) is 2. The predicted molar refractivity (Wildman–Crippen MR) is 82.0 cm³/mol. The van der Waals surface area contributed by atoms with Crippen molar-refractivity contribution in [2.45, 2.75) is 37.9 Å². The average molecular weight is 379 g/mol. The zero-order valence-corrected chi connectivity index (χ0v) is 14.4. The summed E-state index contributed by atoms with van der Waals surface area (Å²) < 4.78 is 52.2. The number of aromatic nitrogens is 3. The molecule has 0 saturated heterocycles. The third-order valence-electron chi connectivity index (χ3n) is 3.13. The van der Waals surface area contributed by atoms with E-state index in [0.29, 0.717) is 10.4 Å². The highest BCUT2D eigenvalue weighted by Gasteiger charge is 2.27. The second kappa shape index (κ2) is 7.32. The molecule has 132 valence electrons. The first-order valence-electron chi connectivity index (χ1n) is 6.71. The average Bonchev–Trinajstić information content (AvgIpc) is 3.13. The van der Waals surface area contributed by atoms with Crippen molar-refractivity contribution in [1.82, 2.24) is 24.8 Å². The van der Waals surface area contributed by atoms with Gasteiger partial charge < -0.3 is 5.32 Å². The van der Waals surface area contributed by atoms with E-state index in [1.54, 1.807) is 10.9 Å². The summed E-state index contributed by atoms with van der Waals surface area (Å²) >= 11 is 1.37. The van der Waals surface area contributed by atoms with E-state index < -0.39 is 33.4 Å². The van der Waals surface area contributed by atoms with Gasteiger partial charge in [-0.2, -0.15) is 18.6 Å². The van der Waals surface area contributed by atoms with Gasteiger partial charge in [0.1, 0.15) is 4.90 Å². The molecule has 0 fully saturated rings. The fourth-order valence-electron chi connectivity index (χ4n) is 1.87. The molecule has 0 aliphatic heterocycles. The third-order valence-corrected chi connectivity index (χ3v) is 5.41. The fourth-order valence-corrected chi connectivity index (χ4v) is 3.80. The molecule has 0 saturated carbocycles. The van der Waals surface area contributed by atoms with Crippen LogP contribution in [0.1, 0.15) is 24.9 Å². The number of rotatable bonds is 7. The normalized spacial score (nSPS) is 13.2. The summed E-state index contributed by atoms with van der Waals surface area (Å²) in [6.07, 6.45) is 0.823. The Balaban J connectivity index is 2.04. The van der Waals surface area contributed by atoms with E-state index in [-0.39, 0.29) is 12.2 Å². The van der Waals surface area contributed by atoms with Gasteiger partial charge in [-0.1, -0.05) is 0 Å². The molecule has 2 aromatic heterocycles. The lowest BCUT2D eigenvalue weighted by Crippen LogP contribution is -2.44. The van der Waals surface area contributed by atoms with Crippen molar-refractivity contribution >= 4 is 27.3 Å². The van der Waals surface area contributed by atoms with Crippen LogP contribution < -0.4 is 10.0 Å². The van der Waals surface area contributed by atoms with E-state index in [0.717, 1.165) is 6.20 Å². The van der Waals surface area contributed by atoms with Crippen molar-refractivity contribution < 1.29 is 22.0 Å². The van der Waals surface area contributed by atoms with Crippen LogP contribution in [0, 0.1) is 6.92 Å². The number of alkyl halides is 2. The van der Waals surface area contributed by atoms with Gasteiger partial charge in [-0.05, 0) is 13.8 Å². The van der Waals surface area contributed by atoms with Gasteiger partial charge in [0.15, 0.2) is 0 Å². The Hall–Kier alpha value is -1.92. The van der Waals surface area contributed by atoms with Gasteiger partial charge in [-0.25, -0.2) is 18.1 Å². The van der Waals surface area contributed by atoms with E-state index >= 15 is 0 Å². The monoisotopic (exact) mass is 379 g/mol. The minimum atomic E-state index is -4.16. The van der Waals surface area contributed by atoms with Crippen molar-refractivity contribution in [1.29, 1.82) is 0 Å². The van der Waals surface area contributed by atoms with Crippen LogP contribution in [0.4, 0.5) is 8.78 Å². The Kier molecular flexibility index (Phi) is 5.62. The molecule has 1 amide bonds. The third kappa shape index (κ3) is 4.13. The standard InChI is InChI=1S/C12H15F2N5O3S2/c1-7(11(20)15-3-9-5-23-6-16-9)18-24(21,22)10-4-17-19(8(10)2)12(13)14/h4-7,12,18H,3H2,1-2H3,(H,15,20)/t7-/m0/s1. The number of halogens is 2. The molecule has 0 radical (unpaired) electrons. The van der Waals surface area contributed by atoms with Crippen LogP contribution in [0.2, 0.25) is 0 Å². The number of thiazole rings is 1. The summed E-state index contributed by atoms with van der Waals surface area (Å²) in [4.78, 5) is 15.5. The highest BCUT2D eigenvalue weighted by atomic mass is 32.2. The number of hydrogen-bond acceptors (Lipinski definition) is 6. The molecule has 24 heavy (non-hydrogen) atoms. The quantitative estimate of drug-likeness (QED) is 0.747. The zero-order valence-electron chi connectivity index (χ0n) is 12.7. The van der Waals surface area contributed by atoms with Crippen molar-refractivity contribution in [2.75, 3.05) is 0 Å². The van der Waals surface area contributed by atoms with Crippen LogP contribution in [-0.2, 0) is 21.4 Å². The van der Waals surface area contributed by atoms with Crippen LogP contribution in [0.25, 0.3) is 0 Å². The Morgan fingerprint density at radius 3 is 2.71 bits per heavy atom. The lowest BCUT2D eigenvalue weighted by Gasteiger charge is -2.14. The molecule has 8 nitrogen and oxygen atoms in total. The fraction of sp³-hybridized carbons (Fsp3) is 0.417. The predicted octanol–water partition coefficient (Wildman–Crippen LogP) is 1.03. The highest BCUT2D eigenvalue weighted by molar-refractivity contribution is 7.89. The Labute approximate surface area is 140 Å². The molecular weight excluding hydrogens is 364 g/mol. The van der Waals surface area contributed by atoms with Crippen molar-refractivity contribution in [3.63, 3.8) is 0 Å².